The third-order valence-corrected chi connectivity index (χ3v) is 2.68. The molecule has 4 N–H and O–H groups in total. The van der Waals surface area contributed by atoms with E-state index in [9.17, 15) is 4.79 Å². The molecule has 2 aromatic rings. The predicted molar refractivity (Wildman–Crippen MR) is 69.7 cm³/mol. The Morgan fingerprint density at radius 2 is 2.17 bits per heavy atom. The summed E-state index contributed by atoms with van der Waals surface area (Å²) in [6, 6.07) is 3.89. The van der Waals surface area contributed by atoms with E-state index >= 15 is 0 Å². The van der Waals surface area contributed by atoms with E-state index in [1.54, 1.807) is 6.07 Å². The van der Waals surface area contributed by atoms with E-state index in [2.05, 4.69) is 21.9 Å². The minimum atomic E-state index is -0.222. The molecular weight excluding hydrogens is 230 g/mol. The van der Waals surface area contributed by atoms with Crippen molar-refractivity contribution in [3.63, 3.8) is 0 Å². The molecule has 6 nitrogen and oxygen atoms in total. The van der Waals surface area contributed by atoms with Crippen LogP contribution >= 0.6 is 0 Å². The minimum Gasteiger partial charge on any atom is -0.368 e. The number of nitrogen functional groups attached to an aromatic ring is 1. The summed E-state index contributed by atoms with van der Waals surface area (Å²) in [6.07, 6.45) is 0. The molecule has 2 aromatic heterocycles. The molecule has 92 valence electrons. The Morgan fingerprint density at radius 3 is 2.78 bits per heavy atom. The van der Waals surface area contributed by atoms with Crippen LogP contribution in [0.3, 0.4) is 0 Å². The molecule has 0 aliphatic rings. The van der Waals surface area contributed by atoms with Crippen molar-refractivity contribution in [2.45, 2.75) is 20.4 Å². The zero-order valence-corrected chi connectivity index (χ0v) is 10.2. The van der Waals surface area contributed by atoms with E-state index < -0.39 is 0 Å². The average Bonchev–Trinajstić information content (AvgIpc) is 2.31. The van der Waals surface area contributed by atoms with E-state index in [0.717, 1.165) is 5.39 Å². The molecule has 0 saturated heterocycles. The molecule has 0 fully saturated rings. The summed E-state index contributed by atoms with van der Waals surface area (Å²) in [5, 5.41) is 0.753. The van der Waals surface area contributed by atoms with Gasteiger partial charge in [-0.05, 0) is 25.8 Å². The van der Waals surface area contributed by atoms with Crippen molar-refractivity contribution in [1.29, 1.82) is 0 Å². The molecule has 18 heavy (non-hydrogen) atoms. The average molecular weight is 243 g/mol. The Hall–Kier alpha value is -2.55. The van der Waals surface area contributed by atoms with E-state index in [-0.39, 0.29) is 11.5 Å². The Kier molecular flexibility index (Phi) is 2.90. The number of fused-ring (bicyclic) bond motifs is 1. The standard InChI is InChI=1S/C12H13N5O/c1-3-17-10-9(7(2)15-12(14)16-10)6-8(4-5-13)11(17)18/h6H,3,13H2,1-2H3,(H2,14,15,16). The summed E-state index contributed by atoms with van der Waals surface area (Å²) in [5.41, 5.74) is 12.1. The van der Waals surface area contributed by atoms with Crippen molar-refractivity contribution in [1.82, 2.24) is 14.5 Å². The van der Waals surface area contributed by atoms with Gasteiger partial charge in [0.05, 0.1) is 11.3 Å². The van der Waals surface area contributed by atoms with Crippen LogP contribution in [0.4, 0.5) is 5.95 Å². The van der Waals surface area contributed by atoms with E-state index in [1.165, 1.54) is 4.57 Å². The van der Waals surface area contributed by atoms with Gasteiger partial charge in [0, 0.05) is 18.0 Å². The highest BCUT2D eigenvalue weighted by atomic mass is 16.1. The number of aryl methyl sites for hydroxylation is 2. The van der Waals surface area contributed by atoms with Gasteiger partial charge in [-0.2, -0.15) is 4.98 Å². The van der Waals surface area contributed by atoms with Crippen LogP contribution in [0.15, 0.2) is 10.9 Å². The quantitative estimate of drug-likeness (QED) is 0.541. The summed E-state index contributed by atoms with van der Waals surface area (Å²) < 4.78 is 1.51. The first-order valence-electron chi connectivity index (χ1n) is 5.47. The lowest BCUT2D eigenvalue weighted by atomic mass is 10.2. The molecule has 0 atom stereocenters. The highest BCUT2D eigenvalue weighted by Gasteiger charge is 2.11. The lowest BCUT2D eigenvalue weighted by Crippen LogP contribution is -2.23. The number of rotatable bonds is 1. The summed E-state index contributed by atoms with van der Waals surface area (Å²) >= 11 is 0. The largest absolute Gasteiger partial charge is 0.368 e. The van der Waals surface area contributed by atoms with Crippen LogP contribution in [-0.4, -0.2) is 14.5 Å². The maximum absolute atomic E-state index is 12.1. The number of pyridine rings is 1. The van der Waals surface area contributed by atoms with Gasteiger partial charge in [0.25, 0.3) is 5.56 Å². The van der Waals surface area contributed by atoms with Gasteiger partial charge in [-0.15, -0.1) is 0 Å². The molecule has 0 aliphatic heterocycles. The third-order valence-electron chi connectivity index (χ3n) is 2.68. The van der Waals surface area contributed by atoms with Gasteiger partial charge >= 0.3 is 0 Å². The highest BCUT2D eigenvalue weighted by molar-refractivity contribution is 5.80. The van der Waals surface area contributed by atoms with Gasteiger partial charge in [-0.3, -0.25) is 9.36 Å². The van der Waals surface area contributed by atoms with Gasteiger partial charge in [0.2, 0.25) is 5.95 Å². The second-order valence-electron chi connectivity index (χ2n) is 3.78. The summed E-state index contributed by atoms with van der Waals surface area (Å²) in [6.45, 7) is 4.14. The Balaban J connectivity index is 3.00. The fourth-order valence-corrected chi connectivity index (χ4v) is 1.87. The first-order chi connectivity index (χ1) is 8.58. The molecule has 0 spiro atoms. The van der Waals surface area contributed by atoms with Crippen LogP contribution in [0, 0.1) is 18.9 Å². The normalized spacial score (nSPS) is 10.1. The maximum atomic E-state index is 12.1. The second kappa shape index (κ2) is 4.37. The Bertz CT molecular complexity index is 736. The fraction of sp³-hybridized carbons (Fsp3) is 0.250. The first kappa shape index (κ1) is 11.9. The second-order valence-corrected chi connectivity index (χ2v) is 3.78. The van der Waals surface area contributed by atoms with Crippen LogP contribution in [-0.2, 0) is 6.54 Å². The van der Waals surface area contributed by atoms with E-state index in [0.29, 0.717) is 23.4 Å². The number of anilines is 1. The molecule has 0 bridgehead atoms. The topological polar surface area (TPSA) is 99.8 Å². The maximum Gasteiger partial charge on any atom is 0.268 e. The number of hydrogen-bond donors (Lipinski definition) is 2. The van der Waals surface area contributed by atoms with Gasteiger partial charge < -0.3 is 11.5 Å². The smallest absolute Gasteiger partial charge is 0.268 e. The van der Waals surface area contributed by atoms with Crippen molar-refractivity contribution >= 4 is 17.0 Å². The van der Waals surface area contributed by atoms with E-state index in [4.69, 9.17) is 11.5 Å². The van der Waals surface area contributed by atoms with Crippen LogP contribution in [0.1, 0.15) is 18.2 Å². The monoisotopic (exact) mass is 243 g/mol. The number of nitrogens with zero attached hydrogens (tertiary/aromatic N) is 3. The first-order valence-corrected chi connectivity index (χ1v) is 5.47. The van der Waals surface area contributed by atoms with Crippen molar-refractivity contribution in [2.75, 3.05) is 5.73 Å². The lowest BCUT2D eigenvalue weighted by molar-refractivity contribution is 0.746. The predicted octanol–water partition coefficient (Wildman–Crippen LogP) is -0.0303. The summed E-state index contributed by atoms with van der Waals surface area (Å²) in [7, 11) is 0. The third kappa shape index (κ3) is 1.76. The zero-order chi connectivity index (χ0) is 13.3. The highest BCUT2D eigenvalue weighted by Crippen LogP contribution is 2.15. The number of nitrogens with two attached hydrogens (primary N) is 2. The lowest BCUT2D eigenvalue weighted by Gasteiger charge is -2.09. The zero-order valence-electron chi connectivity index (χ0n) is 10.2. The van der Waals surface area contributed by atoms with Gasteiger partial charge in [-0.1, -0.05) is 0 Å². The molecule has 2 rings (SSSR count). The van der Waals surface area contributed by atoms with Crippen LogP contribution in [0.25, 0.3) is 11.0 Å². The molecule has 0 radical (unpaired) electrons. The molecule has 0 amide bonds. The summed E-state index contributed by atoms with van der Waals surface area (Å²) in [5.74, 6) is 2.74. The molecule has 6 heteroatoms. The molecule has 0 aromatic carbocycles. The Labute approximate surface area is 104 Å². The molecule has 0 saturated carbocycles. The number of aromatic nitrogens is 3. The Morgan fingerprint density at radius 1 is 1.44 bits per heavy atom. The van der Waals surface area contributed by atoms with Crippen LogP contribution in [0.2, 0.25) is 0 Å². The van der Waals surface area contributed by atoms with Crippen molar-refractivity contribution in [2.24, 2.45) is 5.73 Å². The number of hydrogen-bond acceptors (Lipinski definition) is 5. The van der Waals surface area contributed by atoms with Crippen molar-refractivity contribution in [3.8, 4) is 12.0 Å². The molecule has 0 aliphatic carbocycles. The fourth-order valence-electron chi connectivity index (χ4n) is 1.87. The molecular formula is C12H13N5O. The van der Waals surface area contributed by atoms with Gasteiger partial charge in [0.1, 0.15) is 5.65 Å². The van der Waals surface area contributed by atoms with Crippen LogP contribution < -0.4 is 17.0 Å². The summed E-state index contributed by atoms with van der Waals surface area (Å²) in [4.78, 5) is 20.3. The SMILES string of the molecule is CCn1c(=O)c(C#CN)cc2c(C)nc(N)nc21. The van der Waals surface area contributed by atoms with Crippen LogP contribution in [0.5, 0.6) is 0 Å². The van der Waals surface area contributed by atoms with Gasteiger partial charge in [0.15, 0.2) is 0 Å². The van der Waals surface area contributed by atoms with Crippen molar-refractivity contribution in [3.05, 3.63) is 27.7 Å². The van der Waals surface area contributed by atoms with Gasteiger partial charge in [-0.25, -0.2) is 4.98 Å². The molecule has 0 unspecified atom stereocenters. The minimum absolute atomic E-state index is 0.152. The van der Waals surface area contributed by atoms with Crippen molar-refractivity contribution < 1.29 is 0 Å². The molecule has 2 heterocycles. The van der Waals surface area contributed by atoms with E-state index in [1.807, 2.05) is 13.8 Å².